The van der Waals surface area contributed by atoms with Gasteiger partial charge < -0.3 is 14.2 Å². The van der Waals surface area contributed by atoms with Crippen LogP contribution in [0.15, 0.2) is 24.3 Å². The number of methoxy groups -OCH3 is 1. The molecule has 0 saturated carbocycles. The number of carbonyl (C=O) groups excluding carboxylic acids is 1. The number of ether oxygens (including phenoxy) is 3. The number of amides is 1. The summed E-state index contributed by atoms with van der Waals surface area (Å²) in [5.74, 6) is 1.06. The molecule has 2 heterocycles. The average Bonchev–Trinajstić information content (AvgIpc) is 3.36. The van der Waals surface area contributed by atoms with E-state index in [1.165, 1.54) is 17.4 Å². The van der Waals surface area contributed by atoms with Crippen LogP contribution in [0.2, 0.25) is 0 Å². The van der Waals surface area contributed by atoms with Crippen molar-refractivity contribution in [2.24, 2.45) is 0 Å². The molecule has 0 bridgehead atoms. The van der Waals surface area contributed by atoms with Gasteiger partial charge in [0.15, 0.2) is 11.5 Å². The van der Waals surface area contributed by atoms with Gasteiger partial charge in [-0.2, -0.15) is 0 Å². The van der Waals surface area contributed by atoms with E-state index in [-0.39, 0.29) is 12.0 Å². The molecule has 1 aliphatic heterocycles. The highest BCUT2D eigenvalue weighted by Gasteiger charge is 2.22. The highest BCUT2D eigenvalue weighted by molar-refractivity contribution is 7.15. The summed E-state index contributed by atoms with van der Waals surface area (Å²) in [5, 5.41) is 12.1. The van der Waals surface area contributed by atoms with Crippen LogP contribution in [0.4, 0.5) is 5.13 Å². The van der Waals surface area contributed by atoms with E-state index in [9.17, 15) is 4.79 Å². The van der Waals surface area contributed by atoms with E-state index < -0.39 is 0 Å². The van der Waals surface area contributed by atoms with Crippen molar-refractivity contribution in [3.05, 3.63) is 34.8 Å². The lowest BCUT2D eigenvalue weighted by Gasteiger charge is -2.10. The molecule has 7 nitrogen and oxygen atoms in total. The Labute approximate surface area is 162 Å². The molecule has 1 fully saturated rings. The zero-order valence-corrected chi connectivity index (χ0v) is 16.3. The maximum atomic E-state index is 12.1. The molecular formula is C19H23N3O4S. The van der Waals surface area contributed by atoms with E-state index in [4.69, 9.17) is 14.2 Å². The van der Waals surface area contributed by atoms with Gasteiger partial charge in [0.05, 0.1) is 13.7 Å². The normalized spacial score (nSPS) is 16.6. The average molecular weight is 389 g/mol. The number of hydrogen-bond acceptors (Lipinski definition) is 7. The Morgan fingerprint density at radius 2 is 2.30 bits per heavy atom. The number of benzene rings is 1. The predicted octanol–water partition coefficient (Wildman–Crippen LogP) is 3.84. The number of nitrogens with one attached hydrogen (secondary N) is 1. The summed E-state index contributed by atoms with van der Waals surface area (Å²) in [5.41, 5.74) is 0.836. The van der Waals surface area contributed by atoms with E-state index >= 15 is 0 Å². The predicted molar refractivity (Wildman–Crippen MR) is 104 cm³/mol. The van der Waals surface area contributed by atoms with Gasteiger partial charge in [-0.15, -0.1) is 10.2 Å². The first-order chi connectivity index (χ1) is 13.2. The van der Waals surface area contributed by atoms with Crippen molar-refractivity contribution in [3.8, 4) is 11.5 Å². The third kappa shape index (κ3) is 5.27. The largest absolute Gasteiger partial charge is 0.493 e. The van der Waals surface area contributed by atoms with Gasteiger partial charge in [-0.1, -0.05) is 24.3 Å². The summed E-state index contributed by atoms with van der Waals surface area (Å²) < 4.78 is 16.6. The molecule has 0 unspecified atom stereocenters. The summed E-state index contributed by atoms with van der Waals surface area (Å²) in [6.45, 7) is 3.42. The van der Waals surface area contributed by atoms with Crippen molar-refractivity contribution in [1.29, 1.82) is 0 Å². The topological polar surface area (TPSA) is 82.6 Å². The SMILES string of the molecule is CCCOc1ccc(/C=C/C(=O)Nc2nnc([C@@H]3CCCO3)s2)cc1OC. The van der Waals surface area contributed by atoms with E-state index in [1.807, 2.05) is 25.1 Å². The zero-order valence-electron chi connectivity index (χ0n) is 15.4. The Balaban J connectivity index is 1.59. The van der Waals surface area contributed by atoms with Gasteiger partial charge in [0, 0.05) is 12.7 Å². The number of hydrogen-bond donors (Lipinski definition) is 1. The second-order valence-corrected chi connectivity index (χ2v) is 7.04. The summed E-state index contributed by atoms with van der Waals surface area (Å²) >= 11 is 1.35. The summed E-state index contributed by atoms with van der Waals surface area (Å²) in [4.78, 5) is 12.1. The van der Waals surface area contributed by atoms with Crippen molar-refractivity contribution in [2.75, 3.05) is 25.6 Å². The minimum atomic E-state index is -0.268. The maximum absolute atomic E-state index is 12.1. The van der Waals surface area contributed by atoms with Crippen LogP contribution in [0.3, 0.4) is 0 Å². The second-order valence-electron chi connectivity index (χ2n) is 6.03. The van der Waals surface area contributed by atoms with Gasteiger partial charge in [-0.3, -0.25) is 10.1 Å². The third-order valence-electron chi connectivity index (χ3n) is 3.95. The van der Waals surface area contributed by atoms with Crippen molar-refractivity contribution in [2.45, 2.75) is 32.3 Å². The Bertz CT molecular complexity index is 800. The lowest BCUT2D eigenvalue weighted by Crippen LogP contribution is -2.07. The van der Waals surface area contributed by atoms with Crippen molar-refractivity contribution < 1.29 is 19.0 Å². The molecule has 1 aromatic heterocycles. The number of nitrogens with zero attached hydrogens (tertiary/aromatic N) is 2. The first-order valence-corrected chi connectivity index (χ1v) is 9.76. The highest BCUT2D eigenvalue weighted by Crippen LogP contribution is 2.32. The Morgan fingerprint density at radius 1 is 1.41 bits per heavy atom. The Hall–Kier alpha value is -2.45. The highest BCUT2D eigenvalue weighted by atomic mass is 32.1. The van der Waals surface area contributed by atoms with Crippen LogP contribution in [0.5, 0.6) is 11.5 Å². The molecule has 3 rings (SSSR count). The molecule has 1 atom stereocenters. The van der Waals surface area contributed by atoms with Gasteiger partial charge in [-0.05, 0) is 43.0 Å². The molecule has 144 valence electrons. The molecule has 0 radical (unpaired) electrons. The van der Waals surface area contributed by atoms with Gasteiger partial charge >= 0.3 is 0 Å². The molecule has 1 aromatic carbocycles. The molecule has 0 spiro atoms. The molecule has 1 N–H and O–H groups in total. The van der Waals surface area contributed by atoms with Gasteiger partial charge in [0.25, 0.3) is 0 Å². The van der Waals surface area contributed by atoms with Crippen molar-refractivity contribution in [1.82, 2.24) is 10.2 Å². The van der Waals surface area contributed by atoms with Crippen LogP contribution < -0.4 is 14.8 Å². The smallest absolute Gasteiger partial charge is 0.250 e. The zero-order chi connectivity index (χ0) is 19.1. The third-order valence-corrected chi connectivity index (χ3v) is 4.88. The van der Waals surface area contributed by atoms with Crippen LogP contribution in [-0.2, 0) is 9.53 Å². The van der Waals surface area contributed by atoms with Gasteiger partial charge in [-0.25, -0.2) is 0 Å². The molecule has 8 heteroatoms. The molecule has 1 saturated heterocycles. The lowest BCUT2D eigenvalue weighted by atomic mass is 10.2. The summed E-state index contributed by atoms with van der Waals surface area (Å²) in [7, 11) is 1.59. The van der Waals surface area contributed by atoms with Crippen LogP contribution in [0.1, 0.15) is 42.9 Å². The minimum Gasteiger partial charge on any atom is -0.493 e. The summed E-state index contributed by atoms with van der Waals surface area (Å²) in [6, 6.07) is 5.54. The van der Waals surface area contributed by atoms with Crippen LogP contribution in [0, 0.1) is 0 Å². The molecule has 1 aliphatic rings. The molecular weight excluding hydrogens is 366 g/mol. The summed E-state index contributed by atoms with van der Waals surface area (Å²) in [6.07, 6.45) is 6.07. The van der Waals surface area contributed by atoms with Gasteiger partial charge in [0.2, 0.25) is 11.0 Å². The van der Waals surface area contributed by atoms with Crippen LogP contribution in [0.25, 0.3) is 6.08 Å². The van der Waals surface area contributed by atoms with Crippen LogP contribution in [-0.4, -0.2) is 36.4 Å². The fraction of sp³-hybridized carbons (Fsp3) is 0.421. The molecule has 1 amide bonds. The number of carbonyl (C=O) groups is 1. The second kappa shape index (κ2) is 9.48. The van der Waals surface area contributed by atoms with E-state index in [1.54, 1.807) is 13.2 Å². The number of rotatable bonds is 8. The molecule has 0 aliphatic carbocycles. The fourth-order valence-corrected chi connectivity index (χ4v) is 3.46. The standard InChI is InChI=1S/C19H23N3O4S/c1-3-10-25-14-8-6-13(12-16(14)24-2)7-9-17(23)20-19-22-21-18(27-19)15-5-4-11-26-15/h6-9,12,15H,3-5,10-11H2,1-2H3,(H,20,22,23)/b9-7+/t15-/m0/s1. The monoisotopic (exact) mass is 389 g/mol. The lowest BCUT2D eigenvalue weighted by molar-refractivity contribution is -0.111. The molecule has 2 aromatic rings. The maximum Gasteiger partial charge on any atom is 0.250 e. The van der Waals surface area contributed by atoms with E-state index in [2.05, 4.69) is 15.5 Å². The quantitative estimate of drug-likeness (QED) is 0.691. The molecule has 27 heavy (non-hydrogen) atoms. The first kappa shape index (κ1) is 19.3. The fourth-order valence-electron chi connectivity index (χ4n) is 2.63. The van der Waals surface area contributed by atoms with Crippen LogP contribution >= 0.6 is 11.3 Å². The van der Waals surface area contributed by atoms with Crippen molar-refractivity contribution >= 4 is 28.5 Å². The number of aromatic nitrogens is 2. The minimum absolute atomic E-state index is 0.00426. The van der Waals surface area contributed by atoms with Gasteiger partial charge in [0.1, 0.15) is 11.1 Å². The van der Waals surface area contributed by atoms with Crippen molar-refractivity contribution in [3.63, 3.8) is 0 Å². The Kier molecular flexibility index (Phi) is 6.78. The Morgan fingerprint density at radius 3 is 3.04 bits per heavy atom. The first-order valence-electron chi connectivity index (χ1n) is 8.94. The van der Waals surface area contributed by atoms with E-state index in [0.29, 0.717) is 23.2 Å². The van der Waals surface area contributed by atoms with E-state index in [0.717, 1.165) is 36.4 Å². The number of anilines is 1.